The average Bonchev–Trinajstić information content (AvgIpc) is 2.15. The van der Waals surface area contributed by atoms with Crippen LogP contribution >= 0.6 is 11.6 Å². The smallest absolute Gasteiger partial charge is 0.0704 e. The van der Waals surface area contributed by atoms with Crippen molar-refractivity contribution in [2.75, 3.05) is 19.8 Å². The second kappa shape index (κ2) is 5.51. The van der Waals surface area contributed by atoms with E-state index in [4.69, 9.17) is 21.1 Å². The maximum atomic E-state index is 6.11. The van der Waals surface area contributed by atoms with Crippen LogP contribution in [0.25, 0.3) is 0 Å². The highest BCUT2D eigenvalue weighted by molar-refractivity contribution is 6.21. The summed E-state index contributed by atoms with van der Waals surface area (Å²) in [6.07, 6.45) is 1.28. The van der Waals surface area contributed by atoms with E-state index in [0.717, 1.165) is 13.0 Å². The Bertz CT molecular complexity index is 192. The predicted octanol–water partition coefficient (Wildman–Crippen LogP) is 3.08. The monoisotopic (exact) mass is 234 g/mol. The summed E-state index contributed by atoms with van der Waals surface area (Å²) in [5.41, 5.74) is 0.125. The summed E-state index contributed by atoms with van der Waals surface area (Å²) < 4.78 is 11.2. The molecule has 90 valence electrons. The molecule has 0 spiro atoms. The minimum absolute atomic E-state index is 0.125. The number of hydrogen-bond donors (Lipinski definition) is 0. The molecule has 1 aliphatic rings. The lowest BCUT2D eigenvalue weighted by Crippen LogP contribution is -2.52. The topological polar surface area (TPSA) is 18.5 Å². The zero-order chi connectivity index (χ0) is 11.5. The molecule has 0 amide bonds. The molecule has 2 unspecified atom stereocenters. The van der Waals surface area contributed by atoms with Gasteiger partial charge >= 0.3 is 0 Å². The summed E-state index contributed by atoms with van der Waals surface area (Å²) in [7, 11) is 0. The van der Waals surface area contributed by atoms with Crippen molar-refractivity contribution < 1.29 is 9.47 Å². The van der Waals surface area contributed by atoms with Gasteiger partial charge in [0.15, 0.2) is 0 Å². The maximum Gasteiger partial charge on any atom is 0.0704 e. The molecule has 0 saturated heterocycles. The Morgan fingerprint density at radius 1 is 1.33 bits per heavy atom. The summed E-state index contributed by atoms with van der Waals surface area (Å²) in [6, 6.07) is 0. The van der Waals surface area contributed by atoms with Gasteiger partial charge in [0.1, 0.15) is 0 Å². The van der Waals surface area contributed by atoms with Crippen LogP contribution in [0, 0.1) is 11.3 Å². The lowest BCUT2D eigenvalue weighted by Gasteiger charge is -2.48. The molecule has 0 aromatic heterocycles. The van der Waals surface area contributed by atoms with Gasteiger partial charge in [0.05, 0.1) is 19.3 Å². The van der Waals surface area contributed by atoms with E-state index in [2.05, 4.69) is 27.7 Å². The van der Waals surface area contributed by atoms with E-state index >= 15 is 0 Å². The largest absolute Gasteiger partial charge is 0.379 e. The van der Waals surface area contributed by atoms with Gasteiger partial charge in [0, 0.05) is 17.4 Å². The van der Waals surface area contributed by atoms with Crippen LogP contribution in [0.5, 0.6) is 0 Å². The molecule has 1 fully saturated rings. The SMILES string of the molecule is CC(C)COCCOC1CC(Cl)C1(C)C. The van der Waals surface area contributed by atoms with E-state index in [-0.39, 0.29) is 10.8 Å². The van der Waals surface area contributed by atoms with Crippen LogP contribution in [0.15, 0.2) is 0 Å². The Balaban J connectivity index is 2.02. The van der Waals surface area contributed by atoms with Crippen molar-refractivity contribution >= 4 is 11.6 Å². The van der Waals surface area contributed by atoms with Gasteiger partial charge in [0.25, 0.3) is 0 Å². The highest BCUT2D eigenvalue weighted by atomic mass is 35.5. The minimum Gasteiger partial charge on any atom is -0.379 e. The van der Waals surface area contributed by atoms with Gasteiger partial charge in [-0.15, -0.1) is 11.6 Å². The van der Waals surface area contributed by atoms with Gasteiger partial charge in [-0.3, -0.25) is 0 Å². The summed E-state index contributed by atoms with van der Waals surface area (Å²) in [5, 5.41) is 0.263. The molecule has 0 heterocycles. The zero-order valence-electron chi connectivity index (χ0n) is 10.3. The molecule has 0 aromatic rings. The molecular weight excluding hydrogens is 212 g/mol. The van der Waals surface area contributed by atoms with E-state index in [1.807, 2.05) is 0 Å². The van der Waals surface area contributed by atoms with Gasteiger partial charge in [-0.1, -0.05) is 27.7 Å². The molecule has 0 N–H and O–H groups in total. The van der Waals surface area contributed by atoms with Crippen LogP contribution in [0.1, 0.15) is 34.1 Å². The molecule has 0 aromatic carbocycles. The van der Waals surface area contributed by atoms with Crippen molar-refractivity contribution in [3.63, 3.8) is 0 Å². The first-order valence-corrected chi connectivity index (χ1v) is 6.21. The van der Waals surface area contributed by atoms with Crippen molar-refractivity contribution in [3.8, 4) is 0 Å². The van der Waals surface area contributed by atoms with E-state index in [1.54, 1.807) is 0 Å². The van der Waals surface area contributed by atoms with Crippen molar-refractivity contribution in [1.82, 2.24) is 0 Å². The minimum atomic E-state index is 0.125. The molecule has 2 atom stereocenters. The Morgan fingerprint density at radius 3 is 2.47 bits per heavy atom. The second-order valence-electron chi connectivity index (χ2n) is 5.35. The van der Waals surface area contributed by atoms with Crippen molar-refractivity contribution in [1.29, 1.82) is 0 Å². The highest BCUT2D eigenvalue weighted by Crippen LogP contribution is 2.46. The second-order valence-corrected chi connectivity index (χ2v) is 5.88. The molecule has 0 aliphatic heterocycles. The fourth-order valence-electron chi connectivity index (χ4n) is 1.69. The van der Waals surface area contributed by atoms with Gasteiger partial charge < -0.3 is 9.47 Å². The zero-order valence-corrected chi connectivity index (χ0v) is 11.0. The summed E-state index contributed by atoms with van der Waals surface area (Å²) in [5.74, 6) is 0.595. The summed E-state index contributed by atoms with van der Waals surface area (Å²) >= 11 is 6.11. The molecule has 1 saturated carbocycles. The van der Waals surface area contributed by atoms with Gasteiger partial charge in [0.2, 0.25) is 0 Å². The Hall–Kier alpha value is 0.210. The van der Waals surface area contributed by atoms with E-state index in [0.29, 0.717) is 25.2 Å². The molecule has 15 heavy (non-hydrogen) atoms. The first kappa shape index (κ1) is 13.3. The maximum absolute atomic E-state index is 6.11. The van der Waals surface area contributed by atoms with Crippen LogP contribution in [-0.4, -0.2) is 31.3 Å². The van der Waals surface area contributed by atoms with Crippen LogP contribution in [0.2, 0.25) is 0 Å². The van der Waals surface area contributed by atoms with Crippen LogP contribution in [-0.2, 0) is 9.47 Å². The molecule has 0 bridgehead atoms. The molecule has 1 rings (SSSR count). The predicted molar refractivity (Wildman–Crippen MR) is 63.4 cm³/mol. The van der Waals surface area contributed by atoms with Gasteiger partial charge in [-0.25, -0.2) is 0 Å². The molecule has 2 nitrogen and oxygen atoms in total. The number of alkyl halides is 1. The number of ether oxygens (including phenoxy) is 2. The standard InChI is InChI=1S/C12H23ClO2/c1-9(2)8-14-5-6-15-11-7-10(13)12(11,3)4/h9-11H,5-8H2,1-4H3. The van der Waals surface area contributed by atoms with E-state index in [1.165, 1.54) is 0 Å². The Kier molecular flexibility index (Phi) is 4.88. The molecule has 0 radical (unpaired) electrons. The lowest BCUT2D eigenvalue weighted by atomic mass is 9.68. The fraction of sp³-hybridized carbons (Fsp3) is 1.00. The first-order chi connectivity index (χ1) is 6.94. The van der Waals surface area contributed by atoms with Crippen LogP contribution in [0.4, 0.5) is 0 Å². The summed E-state index contributed by atoms with van der Waals surface area (Å²) in [4.78, 5) is 0. The van der Waals surface area contributed by atoms with Crippen molar-refractivity contribution in [2.45, 2.75) is 45.6 Å². The van der Waals surface area contributed by atoms with Crippen molar-refractivity contribution in [2.24, 2.45) is 11.3 Å². The Morgan fingerprint density at radius 2 is 2.00 bits per heavy atom. The first-order valence-electron chi connectivity index (χ1n) is 5.78. The number of rotatable bonds is 6. The van der Waals surface area contributed by atoms with Gasteiger partial charge in [-0.05, 0) is 12.3 Å². The third kappa shape index (κ3) is 3.61. The van der Waals surface area contributed by atoms with E-state index in [9.17, 15) is 0 Å². The van der Waals surface area contributed by atoms with Crippen LogP contribution < -0.4 is 0 Å². The molecule has 3 heteroatoms. The quantitative estimate of drug-likeness (QED) is 0.520. The summed E-state index contributed by atoms with van der Waals surface area (Å²) in [6.45, 7) is 10.8. The lowest BCUT2D eigenvalue weighted by molar-refractivity contribution is -0.102. The number of hydrogen-bond acceptors (Lipinski definition) is 2. The third-order valence-electron chi connectivity index (χ3n) is 3.06. The highest BCUT2D eigenvalue weighted by Gasteiger charge is 2.47. The normalized spacial score (nSPS) is 29.2. The third-order valence-corrected chi connectivity index (χ3v) is 3.80. The number of halogens is 1. The van der Waals surface area contributed by atoms with Crippen molar-refractivity contribution in [3.05, 3.63) is 0 Å². The fourth-order valence-corrected chi connectivity index (χ4v) is 1.99. The van der Waals surface area contributed by atoms with Crippen LogP contribution in [0.3, 0.4) is 0 Å². The van der Waals surface area contributed by atoms with Gasteiger partial charge in [-0.2, -0.15) is 0 Å². The Labute approximate surface area is 98.3 Å². The van der Waals surface area contributed by atoms with E-state index < -0.39 is 0 Å². The average molecular weight is 235 g/mol. The molecule has 1 aliphatic carbocycles. The molecular formula is C12H23ClO2.